The number of halogens is 1. The van der Waals surface area contributed by atoms with Gasteiger partial charge in [-0.3, -0.25) is 4.79 Å². The minimum atomic E-state index is -0.126. The number of anilines is 1. The molecule has 0 unspecified atom stereocenters. The zero-order valence-electron chi connectivity index (χ0n) is 10.9. The molecule has 0 atom stereocenters. The van der Waals surface area contributed by atoms with Gasteiger partial charge in [0.1, 0.15) is 0 Å². The molecule has 0 aliphatic carbocycles. The van der Waals surface area contributed by atoms with Crippen LogP contribution >= 0.6 is 11.6 Å². The predicted molar refractivity (Wildman–Crippen MR) is 82.3 cm³/mol. The zero-order chi connectivity index (χ0) is 14.3. The van der Waals surface area contributed by atoms with Gasteiger partial charge < -0.3 is 10.7 Å². The molecule has 0 aliphatic heterocycles. The lowest BCUT2D eigenvalue weighted by Crippen LogP contribution is -2.03. The minimum Gasteiger partial charge on any atom is -0.398 e. The van der Waals surface area contributed by atoms with Crippen LogP contribution in [0.25, 0.3) is 10.9 Å². The number of nitrogen functional groups attached to an aromatic ring is 1. The lowest BCUT2D eigenvalue weighted by molar-refractivity contribution is 0.104. The molecule has 3 nitrogen and oxygen atoms in total. The Morgan fingerprint density at radius 3 is 2.80 bits per heavy atom. The first-order valence-electron chi connectivity index (χ1n) is 6.24. The number of carbonyl (C=O) groups is 1. The second kappa shape index (κ2) is 4.69. The SMILES string of the molecule is Cc1ccc2[nH]cc(C(=O)c3cccc(N)c3Cl)c2c1. The topological polar surface area (TPSA) is 58.9 Å². The summed E-state index contributed by atoms with van der Waals surface area (Å²) in [6.07, 6.45) is 1.71. The Hall–Kier alpha value is -2.26. The minimum absolute atomic E-state index is 0.126. The van der Waals surface area contributed by atoms with Crippen LogP contribution in [0.2, 0.25) is 5.02 Å². The first kappa shape index (κ1) is 12.8. The van der Waals surface area contributed by atoms with E-state index in [0.29, 0.717) is 21.8 Å². The maximum Gasteiger partial charge on any atom is 0.196 e. The van der Waals surface area contributed by atoms with Crippen molar-refractivity contribution in [3.63, 3.8) is 0 Å². The molecule has 1 aromatic heterocycles. The van der Waals surface area contributed by atoms with Gasteiger partial charge in [0.25, 0.3) is 0 Å². The third-order valence-electron chi connectivity index (χ3n) is 3.36. The van der Waals surface area contributed by atoms with Crippen LogP contribution in [0, 0.1) is 6.92 Å². The van der Waals surface area contributed by atoms with E-state index in [1.165, 1.54) is 0 Å². The zero-order valence-corrected chi connectivity index (χ0v) is 11.7. The van der Waals surface area contributed by atoms with E-state index in [9.17, 15) is 4.79 Å². The fraction of sp³-hybridized carbons (Fsp3) is 0.0625. The molecule has 3 N–H and O–H groups in total. The first-order chi connectivity index (χ1) is 9.58. The number of fused-ring (bicyclic) bond motifs is 1. The van der Waals surface area contributed by atoms with Crippen molar-refractivity contribution in [3.8, 4) is 0 Å². The fourth-order valence-electron chi connectivity index (χ4n) is 2.29. The van der Waals surface area contributed by atoms with Crippen molar-refractivity contribution in [1.82, 2.24) is 4.98 Å². The normalized spacial score (nSPS) is 10.9. The molecule has 4 heteroatoms. The molecular formula is C16H13ClN2O. The number of carbonyl (C=O) groups excluding carboxylic acids is 1. The van der Waals surface area contributed by atoms with Gasteiger partial charge in [-0.2, -0.15) is 0 Å². The van der Waals surface area contributed by atoms with Crippen molar-refractivity contribution in [1.29, 1.82) is 0 Å². The van der Waals surface area contributed by atoms with Crippen LogP contribution in [0.4, 0.5) is 5.69 Å². The Balaban J connectivity index is 2.18. The molecule has 100 valence electrons. The molecule has 0 bridgehead atoms. The van der Waals surface area contributed by atoms with Gasteiger partial charge in [0, 0.05) is 28.2 Å². The molecule has 3 aromatic rings. The summed E-state index contributed by atoms with van der Waals surface area (Å²) in [6.45, 7) is 1.99. The van der Waals surface area contributed by atoms with E-state index in [4.69, 9.17) is 17.3 Å². The van der Waals surface area contributed by atoms with Crippen molar-refractivity contribution in [2.45, 2.75) is 6.92 Å². The highest BCUT2D eigenvalue weighted by Gasteiger charge is 2.17. The van der Waals surface area contributed by atoms with Crippen LogP contribution in [0.1, 0.15) is 21.5 Å². The molecule has 0 saturated heterocycles. The summed E-state index contributed by atoms with van der Waals surface area (Å²) in [6, 6.07) is 11.0. The van der Waals surface area contributed by atoms with E-state index in [2.05, 4.69) is 4.98 Å². The fourth-order valence-corrected chi connectivity index (χ4v) is 2.50. The predicted octanol–water partition coefficient (Wildman–Crippen LogP) is 3.94. The Bertz CT molecular complexity index is 820. The third kappa shape index (κ3) is 1.96. The number of aromatic nitrogens is 1. The second-order valence-electron chi connectivity index (χ2n) is 4.79. The van der Waals surface area contributed by atoms with Crippen LogP contribution in [0.5, 0.6) is 0 Å². The number of nitrogens with one attached hydrogen (secondary N) is 1. The van der Waals surface area contributed by atoms with Gasteiger partial charge in [0.05, 0.1) is 10.7 Å². The number of benzene rings is 2. The molecule has 0 fully saturated rings. The molecule has 20 heavy (non-hydrogen) atoms. The van der Waals surface area contributed by atoms with E-state index in [-0.39, 0.29) is 5.78 Å². The summed E-state index contributed by atoms with van der Waals surface area (Å²) in [5.74, 6) is -0.126. The standard InChI is InChI=1S/C16H13ClN2O/c1-9-5-6-14-11(7-9)12(8-19-14)16(20)10-3-2-4-13(18)15(10)17/h2-8,19H,18H2,1H3. The summed E-state index contributed by atoms with van der Waals surface area (Å²) in [5.41, 5.74) is 9.23. The van der Waals surface area contributed by atoms with Crippen molar-refractivity contribution >= 4 is 34.0 Å². The quantitative estimate of drug-likeness (QED) is 0.553. The number of hydrogen-bond donors (Lipinski definition) is 2. The van der Waals surface area contributed by atoms with Crippen molar-refractivity contribution in [3.05, 3.63) is 64.3 Å². The van der Waals surface area contributed by atoms with Crippen LogP contribution < -0.4 is 5.73 Å². The van der Waals surface area contributed by atoms with Gasteiger partial charge >= 0.3 is 0 Å². The Morgan fingerprint density at radius 1 is 1.20 bits per heavy atom. The Kier molecular flexibility index (Phi) is 2.99. The van der Waals surface area contributed by atoms with Gasteiger partial charge in [-0.1, -0.05) is 29.3 Å². The van der Waals surface area contributed by atoms with E-state index in [0.717, 1.165) is 16.5 Å². The smallest absolute Gasteiger partial charge is 0.196 e. The summed E-state index contributed by atoms with van der Waals surface area (Å²) in [7, 11) is 0. The van der Waals surface area contributed by atoms with Gasteiger partial charge in [-0.05, 0) is 31.2 Å². The molecule has 3 rings (SSSR count). The average Bonchev–Trinajstić information content (AvgIpc) is 2.84. The monoisotopic (exact) mass is 284 g/mol. The third-order valence-corrected chi connectivity index (χ3v) is 3.78. The number of ketones is 1. The summed E-state index contributed by atoms with van der Waals surface area (Å²) in [5, 5.41) is 1.20. The second-order valence-corrected chi connectivity index (χ2v) is 5.17. The molecule has 0 saturated carbocycles. The Morgan fingerprint density at radius 2 is 2.00 bits per heavy atom. The van der Waals surface area contributed by atoms with E-state index in [1.54, 1.807) is 24.4 Å². The summed E-state index contributed by atoms with van der Waals surface area (Å²) >= 11 is 6.13. The number of H-pyrrole nitrogens is 1. The molecule has 0 amide bonds. The maximum absolute atomic E-state index is 12.6. The largest absolute Gasteiger partial charge is 0.398 e. The number of aromatic amines is 1. The van der Waals surface area contributed by atoms with Gasteiger partial charge in [0.15, 0.2) is 5.78 Å². The van der Waals surface area contributed by atoms with E-state index < -0.39 is 0 Å². The van der Waals surface area contributed by atoms with E-state index in [1.807, 2.05) is 25.1 Å². The summed E-state index contributed by atoms with van der Waals surface area (Å²) in [4.78, 5) is 15.8. The van der Waals surface area contributed by atoms with Crippen molar-refractivity contribution in [2.75, 3.05) is 5.73 Å². The molecule has 1 heterocycles. The molecule has 0 radical (unpaired) electrons. The maximum atomic E-state index is 12.6. The Labute approximate surface area is 121 Å². The van der Waals surface area contributed by atoms with Gasteiger partial charge in [0.2, 0.25) is 0 Å². The van der Waals surface area contributed by atoms with Gasteiger partial charge in [-0.15, -0.1) is 0 Å². The van der Waals surface area contributed by atoms with Crippen LogP contribution in [0.3, 0.4) is 0 Å². The lowest BCUT2D eigenvalue weighted by Gasteiger charge is -2.05. The van der Waals surface area contributed by atoms with Crippen molar-refractivity contribution < 1.29 is 4.79 Å². The van der Waals surface area contributed by atoms with Crippen LogP contribution in [-0.4, -0.2) is 10.8 Å². The summed E-state index contributed by atoms with van der Waals surface area (Å²) < 4.78 is 0. The number of rotatable bonds is 2. The average molecular weight is 285 g/mol. The molecular weight excluding hydrogens is 272 g/mol. The highest BCUT2D eigenvalue weighted by molar-refractivity contribution is 6.37. The highest BCUT2D eigenvalue weighted by Crippen LogP contribution is 2.28. The van der Waals surface area contributed by atoms with Crippen LogP contribution in [0.15, 0.2) is 42.6 Å². The lowest BCUT2D eigenvalue weighted by atomic mass is 10.0. The van der Waals surface area contributed by atoms with Crippen molar-refractivity contribution in [2.24, 2.45) is 0 Å². The highest BCUT2D eigenvalue weighted by atomic mass is 35.5. The number of nitrogens with two attached hydrogens (primary N) is 1. The number of aryl methyl sites for hydroxylation is 1. The van der Waals surface area contributed by atoms with E-state index >= 15 is 0 Å². The molecule has 0 spiro atoms. The first-order valence-corrected chi connectivity index (χ1v) is 6.62. The van der Waals surface area contributed by atoms with Crippen LogP contribution in [-0.2, 0) is 0 Å². The van der Waals surface area contributed by atoms with Gasteiger partial charge in [-0.25, -0.2) is 0 Å². The number of hydrogen-bond acceptors (Lipinski definition) is 2. The molecule has 2 aromatic carbocycles. The molecule has 0 aliphatic rings.